The van der Waals surface area contributed by atoms with Crippen LogP contribution in [0, 0.1) is 23.7 Å². The van der Waals surface area contributed by atoms with Crippen LogP contribution in [-0.2, 0) is 19.1 Å². The van der Waals surface area contributed by atoms with E-state index in [0.717, 1.165) is 6.42 Å². The van der Waals surface area contributed by atoms with Gasteiger partial charge in [0.05, 0.1) is 18.3 Å². The Morgan fingerprint density at radius 2 is 1.59 bits per heavy atom. The molecule has 1 saturated heterocycles. The van der Waals surface area contributed by atoms with Crippen LogP contribution in [0.2, 0.25) is 5.02 Å². The zero-order chi connectivity index (χ0) is 20.9. The fraction of sp³-hybridized carbons (Fsp3) is 0.500. The molecule has 1 aromatic carbocycles. The minimum atomic E-state index is -0.621. The molecule has 3 aliphatic rings. The van der Waals surface area contributed by atoms with Gasteiger partial charge < -0.3 is 4.74 Å². The summed E-state index contributed by atoms with van der Waals surface area (Å²) >= 11 is 13.1. The number of nitrogens with zero attached hydrogens (tertiary/aromatic N) is 1. The summed E-state index contributed by atoms with van der Waals surface area (Å²) in [6.45, 7) is -0.410. The van der Waals surface area contributed by atoms with Gasteiger partial charge in [0.2, 0.25) is 11.8 Å². The summed E-state index contributed by atoms with van der Waals surface area (Å²) in [5, 5.41) is 0.508. The summed E-state index contributed by atoms with van der Waals surface area (Å²) in [6.07, 6.45) is 0.733. The van der Waals surface area contributed by atoms with E-state index in [1.165, 1.54) is 4.90 Å². The van der Waals surface area contributed by atoms with E-state index in [0.29, 0.717) is 10.6 Å². The fourth-order valence-corrected chi connectivity index (χ4v) is 6.77. The number of benzene rings is 1. The van der Waals surface area contributed by atoms with Gasteiger partial charge in [-0.1, -0.05) is 43.5 Å². The van der Waals surface area contributed by atoms with Gasteiger partial charge >= 0.3 is 5.97 Å². The predicted octanol–water partition coefficient (Wildman–Crippen LogP) is 3.23. The monoisotopic (exact) mass is 545 g/mol. The lowest BCUT2D eigenvalue weighted by atomic mass is 9.81. The van der Waals surface area contributed by atoms with Gasteiger partial charge in [0.25, 0.3) is 0 Å². The molecule has 1 aromatic rings. The Bertz CT molecular complexity index is 844. The summed E-state index contributed by atoms with van der Waals surface area (Å²) < 4.78 is 5.02. The molecule has 154 valence electrons. The van der Waals surface area contributed by atoms with E-state index in [-0.39, 0.29) is 63.9 Å². The van der Waals surface area contributed by atoms with Crippen molar-refractivity contribution in [2.75, 3.05) is 13.2 Å². The van der Waals surface area contributed by atoms with Crippen molar-refractivity contribution in [2.24, 2.45) is 23.7 Å². The number of fused-ring (bicyclic) bond motifs is 5. The van der Waals surface area contributed by atoms with E-state index in [1.807, 2.05) is 0 Å². The molecule has 2 bridgehead atoms. The summed E-state index contributed by atoms with van der Waals surface area (Å²) in [5.74, 6) is -1.67. The Kier molecular flexibility index (Phi) is 5.88. The lowest BCUT2D eigenvalue weighted by molar-refractivity contribution is -0.145. The fourth-order valence-electron chi connectivity index (χ4n) is 4.77. The highest BCUT2D eigenvalue weighted by molar-refractivity contribution is 9.12. The van der Waals surface area contributed by atoms with Crippen LogP contribution in [-0.4, -0.2) is 51.3 Å². The molecule has 3 fully saturated rings. The number of amides is 2. The minimum absolute atomic E-state index is 0.0159. The van der Waals surface area contributed by atoms with Crippen LogP contribution in [0.1, 0.15) is 23.2 Å². The molecule has 0 spiro atoms. The first-order valence-corrected chi connectivity index (χ1v) is 11.6. The number of carbonyl (C=O) groups is 4. The molecule has 29 heavy (non-hydrogen) atoms. The van der Waals surface area contributed by atoms with Crippen molar-refractivity contribution < 1.29 is 23.9 Å². The van der Waals surface area contributed by atoms with Crippen LogP contribution in [0.5, 0.6) is 0 Å². The van der Waals surface area contributed by atoms with Gasteiger partial charge in [0.15, 0.2) is 12.4 Å². The third-order valence-corrected chi connectivity index (χ3v) is 9.61. The molecule has 0 unspecified atom stereocenters. The van der Waals surface area contributed by atoms with E-state index >= 15 is 0 Å². The Morgan fingerprint density at radius 1 is 1.03 bits per heavy atom. The number of esters is 1. The second-order valence-corrected chi connectivity index (χ2v) is 10.2. The Balaban J connectivity index is 1.30. The smallest absolute Gasteiger partial charge is 0.308 e. The van der Waals surface area contributed by atoms with Crippen molar-refractivity contribution >= 4 is 67.0 Å². The van der Waals surface area contributed by atoms with Crippen LogP contribution in [0.4, 0.5) is 0 Å². The molecule has 2 amide bonds. The lowest BCUT2D eigenvalue weighted by Gasteiger charge is -2.28. The van der Waals surface area contributed by atoms with Gasteiger partial charge in [0.1, 0.15) is 0 Å². The van der Waals surface area contributed by atoms with Crippen molar-refractivity contribution in [3.05, 3.63) is 34.9 Å². The lowest BCUT2D eigenvalue weighted by Crippen LogP contribution is -2.37. The minimum Gasteiger partial charge on any atom is -0.457 e. The van der Waals surface area contributed by atoms with Gasteiger partial charge in [-0.25, -0.2) is 0 Å². The maximum absolute atomic E-state index is 12.8. The summed E-state index contributed by atoms with van der Waals surface area (Å²) in [4.78, 5) is 51.2. The summed E-state index contributed by atoms with van der Waals surface area (Å²) in [7, 11) is 0. The largest absolute Gasteiger partial charge is 0.457 e. The number of carbonyl (C=O) groups excluding carboxylic acids is 4. The molecule has 0 radical (unpaired) electrons. The number of hydrogen-bond acceptors (Lipinski definition) is 5. The van der Waals surface area contributed by atoms with Gasteiger partial charge in [-0.05, 0) is 42.5 Å². The van der Waals surface area contributed by atoms with E-state index < -0.39 is 12.6 Å². The highest BCUT2D eigenvalue weighted by Crippen LogP contribution is 2.60. The van der Waals surface area contributed by atoms with E-state index in [1.54, 1.807) is 24.3 Å². The number of Topliss-reactive ketones (excluding diaryl/α,β-unsaturated/α-hetero) is 1. The maximum Gasteiger partial charge on any atom is 0.308 e. The zero-order valence-corrected chi connectivity index (χ0v) is 19.2. The molecule has 6 atom stereocenters. The second-order valence-electron chi connectivity index (χ2n) is 7.67. The topological polar surface area (TPSA) is 80.8 Å². The summed E-state index contributed by atoms with van der Waals surface area (Å²) in [6, 6.07) is 6.28. The number of ether oxygens (including phenoxy) is 1. The number of imide groups is 1. The van der Waals surface area contributed by atoms with Gasteiger partial charge in [0, 0.05) is 26.8 Å². The molecule has 9 heteroatoms. The number of halogens is 3. The Hall–Kier alpha value is -1.25. The Labute approximate surface area is 189 Å². The van der Waals surface area contributed by atoms with Crippen molar-refractivity contribution in [3.63, 3.8) is 0 Å². The molecule has 6 nitrogen and oxygen atoms in total. The average molecular weight is 548 g/mol. The number of likely N-dealkylation sites (tertiary alicyclic amines) is 1. The van der Waals surface area contributed by atoms with Gasteiger partial charge in [-0.2, -0.15) is 0 Å². The molecule has 1 aliphatic heterocycles. The van der Waals surface area contributed by atoms with Crippen LogP contribution >= 0.6 is 43.5 Å². The maximum atomic E-state index is 12.8. The number of hydrogen-bond donors (Lipinski definition) is 0. The Morgan fingerprint density at radius 3 is 2.14 bits per heavy atom. The first-order valence-electron chi connectivity index (χ1n) is 9.37. The standard InChI is InChI=1S/C20H18Br2ClNO5/c21-17-11-7-12(18(17)22)16-15(11)19(27)24(20(16)28)6-5-14(26)29-8-13(25)9-1-3-10(23)4-2-9/h1-4,11-12,15-18H,5-8H2/t11-,12-,15-,16-,17+,18+/m1/s1. The van der Waals surface area contributed by atoms with Crippen molar-refractivity contribution in [3.8, 4) is 0 Å². The van der Waals surface area contributed by atoms with Crippen molar-refractivity contribution in [2.45, 2.75) is 22.5 Å². The molecule has 2 aliphatic carbocycles. The van der Waals surface area contributed by atoms with Gasteiger partial charge in [-0.15, -0.1) is 0 Å². The molecule has 4 rings (SSSR count). The first kappa shape index (κ1) is 21.0. The van der Waals surface area contributed by atoms with E-state index in [9.17, 15) is 19.2 Å². The molecular weight excluding hydrogens is 529 g/mol. The van der Waals surface area contributed by atoms with Crippen LogP contribution < -0.4 is 0 Å². The van der Waals surface area contributed by atoms with Crippen LogP contribution in [0.25, 0.3) is 0 Å². The SMILES string of the molecule is O=C(CCN1C(=O)[C@@H]2[C@H]3C[C@@H]([C@H](Br)[C@H]3Br)[C@H]2C1=O)OCC(=O)c1ccc(Cl)cc1. The van der Waals surface area contributed by atoms with E-state index in [4.69, 9.17) is 16.3 Å². The highest BCUT2D eigenvalue weighted by atomic mass is 79.9. The van der Waals surface area contributed by atoms with E-state index in [2.05, 4.69) is 31.9 Å². The second kappa shape index (κ2) is 8.12. The zero-order valence-electron chi connectivity index (χ0n) is 15.2. The molecule has 0 N–H and O–H groups in total. The number of rotatable bonds is 6. The third-order valence-electron chi connectivity index (χ3n) is 6.15. The molecule has 2 saturated carbocycles. The molecular formula is C20H18Br2ClNO5. The summed E-state index contributed by atoms with van der Waals surface area (Å²) in [5.41, 5.74) is 0.393. The molecule has 1 heterocycles. The first-order chi connectivity index (χ1) is 13.8. The number of ketones is 1. The quantitative estimate of drug-likeness (QED) is 0.237. The van der Waals surface area contributed by atoms with Crippen molar-refractivity contribution in [1.29, 1.82) is 0 Å². The van der Waals surface area contributed by atoms with Crippen LogP contribution in [0.3, 0.4) is 0 Å². The molecule has 0 aromatic heterocycles. The van der Waals surface area contributed by atoms with Gasteiger partial charge in [-0.3, -0.25) is 24.1 Å². The number of alkyl halides is 2. The van der Waals surface area contributed by atoms with Crippen molar-refractivity contribution in [1.82, 2.24) is 4.90 Å². The average Bonchev–Trinajstić information content (AvgIpc) is 3.30. The normalized spacial score (nSPS) is 32.6. The highest BCUT2D eigenvalue weighted by Gasteiger charge is 2.66. The third kappa shape index (κ3) is 3.68. The van der Waals surface area contributed by atoms with Crippen LogP contribution in [0.15, 0.2) is 24.3 Å². The predicted molar refractivity (Wildman–Crippen MR) is 112 cm³/mol.